The predicted octanol–water partition coefficient (Wildman–Crippen LogP) is 3.06. The lowest BCUT2D eigenvalue weighted by Crippen LogP contribution is -2.17. The molecule has 5 nitrogen and oxygen atoms in total. The molecule has 3 N–H and O–H groups in total. The summed E-state index contributed by atoms with van der Waals surface area (Å²) < 4.78 is 27.3. The van der Waals surface area contributed by atoms with Crippen molar-refractivity contribution >= 4 is 60.5 Å². The van der Waals surface area contributed by atoms with E-state index in [0.717, 1.165) is 11.3 Å². The van der Waals surface area contributed by atoms with Gasteiger partial charge in [-0.2, -0.15) is 0 Å². The summed E-state index contributed by atoms with van der Waals surface area (Å²) in [6.45, 7) is 0. The molecule has 2 aromatic rings. The maximum Gasteiger partial charge on any atom is 0.271 e. The summed E-state index contributed by atoms with van der Waals surface area (Å²) in [7, 11) is -3.82. The zero-order chi connectivity index (χ0) is 14.9. The molecule has 1 heterocycles. The predicted molar refractivity (Wildman–Crippen MR) is 82.8 cm³/mol. The smallest absolute Gasteiger partial charge is 0.271 e. The fraction of sp³-hybridized carbons (Fsp3) is 0. The number of anilines is 1. The molecule has 0 aliphatic rings. The second kappa shape index (κ2) is 5.72. The molecule has 0 unspecified atom stereocenters. The fourth-order valence-corrected chi connectivity index (χ4v) is 4.92. The monoisotopic (exact) mass is 394 g/mol. The summed E-state index contributed by atoms with van der Waals surface area (Å²) in [5.41, 5.74) is 5.42. The molecule has 106 valence electrons. The van der Waals surface area contributed by atoms with Crippen molar-refractivity contribution in [3.05, 3.63) is 44.7 Å². The van der Waals surface area contributed by atoms with Crippen molar-refractivity contribution in [1.29, 1.82) is 0 Å². The minimum Gasteiger partial charge on any atom is -0.366 e. The third-order valence-corrected chi connectivity index (χ3v) is 6.64. The minimum atomic E-state index is -3.82. The minimum absolute atomic E-state index is 0.0358. The van der Waals surface area contributed by atoms with E-state index in [1.807, 2.05) is 0 Å². The quantitative estimate of drug-likeness (QED) is 0.833. The first kappa shape index (κ1) is 15.3. The van der Waals surface area contributed by atoms with Gasteiger partial charge in [0.1, 0.15) is 4.21 Å². The van der Waals surface area contributed by atoms with Gasteiger partial charge in [-0.3, -0.25) is 9.52 Å². The molecule has 9 heteroatoms. The molecule has 0 aliphatic carbocycles. The van der Waals surface area contributed by atoms with E-state index in [1.54, 1.807) is 12.1 Å². The molecular weight excluding hydrogens is 388 g/mol. The van der Waals surface area contributed by atoms with Gasteiger partial charge in [0, 0.05) is 0 Å². The van der Waals surface area contributed by atoms with Gasteiger partial charge < -0.3 is 5.73 Å². The molecule has 0 fully saturated rings. The van der Waals surface area contributed by atoms with Crippen LogP contribution in [0, 0.1) is 0 Å². The summed E-state index contributed by atoms with van der Waals surface area (Å²) in [6.07, 6.45) is 0. The maximum atomic E-state index is 12.2. The number of nitrogens with one attached hydrogen (secondary N) is 1. The van der Waals surface area contributed by atoms with E-state index in [4.69, 9.17) is 17.3 Å². The van der Waals surface area contributed by atoms with Crippen LogP contribution in [0.25, 0.3) is 0 Å². The van der Waals surface area contributed by atoms with Crippen LogP contribution < -0.4 is 10.5 Å². The van der Waals surface area contributed by atoms with Gasteiger partial charge in [0.2, 0.25) is 0 Å². The van der Waals surface area contributed by atoms with E-state index >= 15 is 0 Å². The average molecular weight is 396 g/mol. The van der Waals surface area contributed by atoms with Crippen molar-refractivity contribution in [2.24, 2.45) is 5.73 Å². The summed E-state index contributed by atoms with van der Waals surface area (Å²) in [4.78, 5) is 11.3. The standard InChI is InChI=1S/C11H8BrClN2O3S2/c12-10-7(13)5-9(19-10)20(17,18)15-8-4-2-1-3-6(8)11(14)16/h1-5,15H,(H2,14,16). The number of thiophene rings is 1. The summed E-state index contributed by atoms with van der Waals surface area (Å²) in [6, 6.07) is 7.42. The highest BCUT2D eigenvalue weighted by atomic mass is 79.9. The summed E-state index contributed by atoms with van der Waals surface area (Å²) >= 11 is 9.94. The highest BCUT2D eigenvalue weighted by molar-refractivity contribution is 9.11. The number of nitrogens with two attached hydrogens (primary N) is 1. The Kier molecular flexibility index (Phi) is 4.38. The second-order valence-electron chi connectivity index (χ2n) is 3.70. The third-order valence-electron chi connectivity index (χ3n) is 2.32. The first-order chi connectivity index (χ1) is 9.31. The highest BCUT2D eigenvalue weighted by Gasteiger charge is 2.21. The maximum absolute atomic E-state index is 12.2. The first-order valence-electron chi connectivity index (χ1n) is 5.18. The Morgan fingerprint density at radius 2 is 2.00 bits per heavy atom. The van der Waals surface area contributed by atoms with E-state index in [-0.39, 0.29) is 15.5 Å². The van der Waals surface area contributed by atoms with Crippen LogP contribution in [0.3, 0.4) is 0 Å². The molecule has 1 amide bonds. The number of carbonyl (C=O) groups is 1. The molecule has 0 bridgehead atoms. The Hall–Kier alpha value is -1.09. The topological polar surface area (TPSA) is 89.3 Å². The number of benzene rings is 1. The Bertz CT molecular complexity index is 754. The summed E-state index contributed by atoms with van der Waals surface area (Å²) in [5.74, 6) is -0.714. The molecule has 0 spiro atoms. The van der Waals surface area contributed by atoms with Crippen molar-refractivity contribution in [3.63, 3.8) is 0 Å². The Morgan fingerprint density at radius 3 is 2.55 bits per heavy atom. The van der Waals surface area contributed by atoms with Crippen molar-refractivity contribution in [2.75, 3.05) is 4.72 Å². The fourth-order valence-electron chi connectivity index (χ4n) is 1.44. The van der Waals surface area contributed by atoms with Crippen LogP contribution in [-0.4, -0.2) is 14.3 Å². The van der Waals surface area contributed by atoms with Crippen molar-refractivity contribution in [2.45, 2.75) is 4.21 Å². The lowest BCUT2D eigenvalue weighted by molar-refractivity contribution is 0.100. The summed E-state index contributed by atoms with van der Waals surface area (Å²) in [5, 5.41) is 0.304. The lowest BCUT2D eigenvalue weighted by Gasteiger charge is -2.09. The Balaban J connectivity index is 2.41. The van der Waals surface area contributed by atoms with Gasteiger partial charge in [0.15, 0.2) is 0 Å². The zero-order valence-electron chi connectivity index (χ0n) is 9.76. The van der Waals surface area contributed by atoms with E-state index < -0.39 is 15.9 Å². The molecule has 0 atom stereocenters. The van der Waals surface area contributed by atoms with E-state index in [0.29, 0.717) is 8.81 Å². The second-order valence-corrected chi connectivity index (χ2v) is 8.39. The Morgan fingerprint density at radius 1 is 1.35 bits per heavy atom. The molecule has 2 rings (SSSR count). The molecule has 0 saturated heterocycles. The SMILES string of the molecule is NC(=O)c1ccccc1NS(=O)(=O)c1cc(Cl)c(Br)s1. The molecular formula is C11H8BrClN2O3S2. The molecule has 0 aliphatic heterocycles. The van der Waals surface area contributed by atoms with Gasteiger partial charge in [-0.25, -0.2) is 8.42 Å². The van der Waals surface area contributed by atoms with Gasteiger partial charge in [-0.05, 0) is 34.1 Å². The first-order valence-corrected chi connectivity index (χ1v) is 8.65. The van der Waals surface area contributed by atoms with Crippen molar-refractivity contribution in [3.8, 4) is 0 Å². The molecule has 0 saturated carbocycles. The van der Waals surface area contributed by atoms with Gasteiger partial charge in [-0.1, -0.05) is 23.7 Å². The van der Waals surface area contributed by atoms with Crippen LogP contribution in [0.5, 0.6) is 0 Å². The van der Waals surface area contributed by atoms with Crippen LogP contribution in [0.4, 0.5) is 5.69 Å². The molecule has 1 aromatic heterocycles. The number of hydrogen-bond acceptors (Lipinski definition) is 4. The Labute approximate surface area is 132 Å². The van der Waals surface area contributed by atoms with Crippen LogP contribution >= 0.6 is 38.9 Å². The number of sulfonamides is 1. The van der Waals surface area contributed by atoms with Crippen LogP contribution in [-0.2, 0) is 10.0 Å². The highest BCUT2D eigenvalue weighted by Crippen LogP contribution is 2.35. The average Bonchev–Trinajstić information content (AvgIpc) is 2.70. The molecule has 20 heavy (non-hydrogen) atoms. The molecule has 1 aromatic carbocycles. The van der Waals surface area contributed by atoms with Crippen molar-refractivity contribution < 1.29 is 13.2 Å². The van der Waals surface area contributed by atoms with Gasteiger partial charge in [0.25, 0.3) is 15.9 Å². The number of amides is 1. The normalized spacial score (nSPS) is 11.3. The number of hydrogen-bond donors (Lipinski definition) is 2. The number of halogens is 2. The van der Waals surface area contributed by atoms with Crippen LogP contribution in [0.15, 0.2) is 38.3 Å². The van der Waals surface area contributed by atoms with E-state index in [2.05, 4.69) is 20.7 Å². The van der Waals surface area contributed by atoms with E-state index in [1.165, 1.54) is 18.2 Å². The number of para-hydroxylation sites is 1. The number of primary amides is 1. The molecule has 0 radical (unpaired) electrons. The number of carbonyl (C=O) groups excluding carboxylic acids is 1. The van der Waals surface area contributed by atoms with Gasteiger partial charge in [0.05, 0.1) is 20.1 Å². The largest absolute Gasteiger partial charge is 0.366 e. The van der Waals surface area contributed by atoms with Crippen LogP contribution in [0.1, 0.15) is 10.4 Å². The zero-order valence-corrected chi connectivity index (χ0v) is 13.7. The number of rotatable bonds is 4. The van der Waals surface area contributed by atoms with Crippen molar-refractivity contribution in [1.82, 2.24) is 0 Å². The van der Waals surface area contributed by atoms with Gasteiger partial charge in [-0.15, -0.1) is 11.3 Å². The van der Waals surface area contributed by atoms with Crippen LogP contribution in [0.2, 0.25) is 5.02 Å². The third kappa shape index (κ3) is 3.14. The van der Waals surface area contributed by atoms with E-state index in [9.17, 15) is 13.2 Å². The lowest BCUT2D eigenvalue weighted by atomic mass is 10.2. The van der Waals surface area contributed by atoms with Gasteiger partial charge >= 0.3 is 0 Å².